The van der Waals surface area contributed by atoms with Crippen LogP contribution in [0.2, 0.25) is 0 Å². The van der Waals surface area contributed by atoms with E-state index in [0.717, 1.165) is 5.56 Å². The van der Waals surface area contributed by atoms with Gasteiger partial charge in [0.15, 0.2) is 17.3 Å². The molecule has 1 saturated heterocycles. The molecule has 0 aliphatic carbocycles. The molecule has 0 saturated carbocycles. The van der Waals surface area contributed by atoms with E-state index in [1.165, 1.54) is 0 Å². The van der Waals surface area contributed by atoms with Gasteiger partial charge in [-0.2, -0.15) is 0 Å². The zero-order chi connectivity index (χ0) is 15.5. The van der Waals surface area contributed by atoms with Crippen LogP contribution < -0.4 is 5.32 Å². The highest BCUT2D eigenvalue weighted by atomic mass is 16.5. The van der Waals surface area contributed by atoms with E-state index in [-0.39, 0.29) is 24.1 Å². The fraction of sp³-hybridized carbons (Fsp3) is 0.312. The first-order chi connectivity index (χ1) is 10.6. The van der Waals surface area contributed by atoms with E-state index >= 15 is 0 Å². The summed E-state index contributed by atoms with van der Waals surface area (Å²) in [5.41, 5.74) is 0.939. The van der Waals surface area contributed by atoms with Crippen molar-refractivity contribution in [3.8, 4) is 11.3 Å². The highest BCUT2D eigenvalue weighted by molar-refractivity contribution is 5.93. The Labute approximate surface area is 127 Å². The zero-order valence-corrected chi connectivity index (χ0v) is 12.2. The number of benzene rings is 1. The molecular weight excluding hydrogens is 284 g/mol. The van der Waals surface area contributed by atoms with Gasteiger partial charge in [-0.15, -0.1) is 0 Å². The lowest BCUT2D eigenvalue weighted by Gasteiger charge is -2.08. The van der Waals surface area contributed by atoms with Gasteiger partial charge >= 0.3 is 5.97 Å². The molecule has 1 aromatic heterocycles. The molecule has 2 heterocycles. The smallest absolute Gasteiger partial charge is 0.361 e. The molecule has 0 spiro atoms. The molecule has 1 amide bonds. The van der Waals surface area contributed by atoms with Crippen molar-refractivity contribution in [2.45, 2.75) is 13.3 Å². The molecule has 1 aromatic carbocycles. The largest absolute Gasteiger partial charge is 0.460 e. The van der Waals surface area contributed by atoms with Crippen LogP contribution in [0.5, 0.6) is 0 Å². The van der Waals surface area contributed by atoms with Gasteiger partial charge in [-0.25, -0.2) is 9.78 Å². The molecule has 0 bridgehead atoms. The molecule has 1 N–H and O–H groups in total. The molecule has 3 rings (SSSR count). The van der Waals surface area contributed by atoms with E-state index in [0.29, 0.717) is 24.6 Å². The number of rotatable bonds is 4. The first-order valence-electron chi connectivity index (χ1n) is 7.10. The Morgan fingerprint density at radius 3 is 2.86 bits per heavy atom. The van der Waals surface area contributed by atoms with Crippen molar-refractivity contribution in [3.05, 3.63) is 41.9 Å². The average molecular weight is 300 g/mol. The Bertz CT molecular complexity index is 693. The van der Waals surface area contributed by atoms with E-state index in [2.05, 4.69) is 10.3 Å². The van der Waals surface area contributed by atoms with Crippen LogP contribution in [0.4, 0.5) is 0 Å². The second-order valence-electron chi connectivity index (χ2n) is 5.25. The van der Waals surface area contributed by atoms with Crippen LogP contribution in [0.25, 0.3) is 11.3 Å². The number of esters is 1. The van der Waals surface area contributed by atoms with E-state index < -0.39 is 5.97 Å². The van der Waals surface area contributed by atoms with Gasteiger partial charge < -0.3 is 14.5 Å². The third-order valence-electron chi connectivity index (χ3n) is 3.48. The standard InChI is InChI=1S/C16H16N2O4/c1-10-18-14(15(22-10)12-5-3-2-4-6-12)16(20)21-9-11-7-13(19)17-8-11/h2-6,11H,7-9H2,1H3,(H,17,19)/t11-/m0/s1. The minimum atomic E-state index is -0.532. The Hall–Kier alpha value is -2.63. The number of carbonyl (C=O) groups excluding carboxylic acids is 2. The highest BCUT2D eigenvalue weighted by Crippen LogP contribution is 2.25. The number of nitrogens with one attached hydrogen (secondary N) is 1. The van der Waals surface area contributed by atoms with Crippen LogP contribution in [0.15, 0.2) is 34.7 Å². The van der Waals surface area contributed by atoms with Crippen molar-refractivity contribution in [2.75, 3.05) is 13.2 Å². The van der Waals surface area contributed by atoms with Gasteiger partial charge in [0.1, 0.15) is 0 Å². The number of hydrogen-bond donors (Lipinski definition) is 1. The van der Waals surface area contributed by atoms with Gasteiger partial charge in [0.25, 0.3) is 0 Å². The van der Waals surface area contributed by atoms with E-state index in [4.69, 9.17) is 9.15 Å². The number of hydrogen-bond acceptors (Lipinski definition) is 5. The topological polar surface area (TPSA) is 81.4 Å². The predicted octanol–water partition coefficient (Wildman–Crippen LogP) is 1.94. The van der Waals surface area contributed by atoms with E-state index in [9.17, 15) is 9.59 Å². The summed E-state index contributed by atoms with van der Waals surface area (Å²) in [5.74, 6) is 0.287. The molecular formula is C16H16N2O4. The fourth-order valence-corrected chi connectivity index (χ4v) is 2.40. The van der Waals surface area contributed by atoms with Crippen molar-refractivity contribution >= 4 is 11.9 Å². The lowest BCUT2D eigenvalue weighted by Crippen LogP contribution is -2.18. The lowest BCUT2D eigenvalue weighted by atomic mass is 10.1. The Kier molecular flexibility index (Phi) is 3.91. The molecule has 0 radical (unpaired) electrons. The molecule has 6 nitrogen and oxygen atoms in total. The first-order valence-corrected chi connectivity index (χ1v) is 7.10. The van der Waals surface area contributed by atoms with Crippen LogP contribution >= 0.6 is 0 Å². The summed E-state index contributed by atoms with van der Waals surface area (Å²) < 4.78 is 10.8. The molecule has 1 aliphatic heterocycles. The maximum absolute atomic E-state index is 12.2. The third-order valence-corrected chi connectivity index (χ3v) is 3.48. The molecule has 1 atom stereocenters. The fourth-order valence-electron chi connectivity index (χ4n) is 2.40. The number of carbonyl (C=O) groups is 2. The van der Waals surface area contributed by atoms with Crippen LogP contribution in [-0.2, 0) is 9.53 Å². The van der Waals surface area contributed by atoms with Gasteiger partial charge in [-0.1, -0.05) is 30.3 Å². The predicted molar refractivity (Wildman–Crippen MR) is 78.1 cm³/mol. The summed E-state index contributed by atoms with van der Waals surface area (Å²) in [4.78, 5) is 27.5. The molecule has 6 heteroatoms. The molecule has 1 fully saturated rings. The van der Waals surface area contributed by atoms with Crippen molar-refractivity contribution in [2.24, 2.45) is 5.92 Å². The molecule has 22 heavy (non-hydrogen) atoms. The number of aryl methyl sites for hydroxylation is 1. The van der Waals surface area contributed by atoms with Gasteiger partial charge in [-0.3, -0.25) is 4.79 Å². The van der Waals surface area contributed by atoms with Crippen molar-refractivity contribution in [3.63, 3.8) is 0 Å². The summed E-state index contributed by atoms with van der Waals surface area (Å²) in [6.07, 6.45) is 0.386. The second kappa shape index (κ2) is 6.01. The van der Waals surface area contributed by atoms with Gasteiger partial charge in [0.05, 0.1) is 6.61 Å². The quantitative estimate of drug-likeness (QED) is 0.873. The summed E-state index contributed by atoms with van der Waals surface area (Å²) in [6.45, 7) is 2.41. The van der Waals surface area contributed by atoms with Crippen LogP contribution in [-0.4, -0.2) is 30.0 Å². The Morgan fingerprint density at radius 1 is 1.41 bits per heavy atom. The monoisotopic (exact) mass is 300 g/mol. The SMILES string of the molecule is Cc1nc(C(=O)OC[C@@H]2CNC(=O)C2)c(-c2ccccc2)o1. The highest BCUT2D eigenvalue weighted by Gasteiger charge is 2.26. The number of aromatic nitrogens is 1. The molecule has 1 aliphatic rings. The van der Waals surface area contributed by atoms with Crippen molar-refractivity contribution < 1.29 is 18.7 Å². The summed E-state index contributed by atoms with van der Waals surface area (Å²) in [7, 11) is 0. The molecule has 114 valence electrons. The average Bonchev–Trinajstić information content (AvgIpc) is 3.11. The van der Waals surface area contributed by atoms with Crippen molar-refractivity contribution in [1.82, 2.24) is 10.3 Å². The number of oxazole rings is 1. The van der Waals surface area contributed by atoms with Gasteiger partial charge in [-0.05, 0) is 0 Å². The minimum Gasteiger partial charge on any atom is -0.460 e. The second-order valence-corrected chi connectivity index (χ2v) is 5.25. The normalized spacial score (nSPS) is 17.3. The molecule has 2 aromatic rings. The van der Waals surface area contributed by atoms with Crippen molar-refractivity contribution in [1.29, 1.82) is 0 Å². The van der Waals surface area contributed by atoms with Crippen LogP contribution in [0.1, 0.15) is 22.8 Å². The Balaban J connectivity index is 1.74. The van der Waals surface area contributed by atoms with Crippen LogP contribution in [0.3, 0.4) is 0 Å². The first kappa shape index (κ1) is 14.3. The Morgan fingerprint density at radius 2 is 2.18 bits per heavy atom. The van der Waals surface area contributed by atoms with Gasteiger partial charge in [0, 0.05) is 31.4 Å². The summed E-state index contributed by atoms with van der Waals surface area (Å²) in [6, 6.07) is 9.29. The summed E-state index contributed by atoms with van der Waals surface area (Å²) in [5, 5.41) is 2.71. The lowest BCUT2D eigenvalue weighted by molar-refractivity contribution is -0.119. The van der Waals surface area contributed by atoms with Crippen LogP contribution in [0, 0.1) is 12.8 Å². The van der Waals surface area contributed by atoms with Gasteiger partial charge in [0.2, 0.25) is 5.91 Å². The number of ether oxygens (including phenoxy) is 1. The number of amides is 1. The van der Waals surface area contributed by atoms with E-state index in [1.54, 1.807) is 6.92 Å². The van der Waals surface area contributed by atoms with E-state index in [1.807, 2.05) is 30.3 Å². The minimum absolute atomic E-state index is 0.0108. The maximum atomic E-state index is 12.2. The summed E-state index contributed by atoms with van der Waals surface area (Å²) >= 11 is 0. The zero-order valence-electron chi connectivity index (χ0n) is 12.2. The number of nitrogens with zero attached hydrogens (tertiary/aromatic N) is 1. The third kappa shape index (κ3) is 3.00. The molecule has 0 unspecified atom stereocenters. The maximum Gasteiger partial charge on any atom is 0.361 e.